The van der Waals surface area contributed by atoms with Crippen molar-refractivity contribution in [3.8, 4) is 0 Å². The molecule has 0 atom stereocenters. The van der Waals surface area contributed by atoms with E-state index in [0.717, 1.165) is 24.3 Å². The maximum Gasteiger partial charge on any atom is 0.338 e. The van der Waals surface area contributed by atoms with E-state index in [-0.39, 0.29) is 28.4 Å². The predicted molar refractivity (Wildman–Crippen MR) is 88.4 cm³/mol. The Morgan fingerprint density at radius 3 is 2.52 bits per heavy atom. The maximum absolute atomic E-state index is 13.8. The number of nitrogens with one attached hydrogen (secondary N) is 1. The molecule has 25 heavy (non-hydrogen) atoms. The van der Waals surface area contributed by atoms with Crippen LogP contribution >= 0.6 is 11.6 Å². The van der Waals surface area contributed by atoms with Gasteiger partial charge in [-0.25, -0.2) is 9.18 Å². The first-order valence-electron chi connectivity index (χ1n) is 7.04. The largest absolute Gasteiger partial charge is 0.462 e. The van der Waals surface area contributed by atoms with Gasteiger partial charge < -0.3 is 10.1 Å². The lowest BCUT2D eigenvalue weighted by molar-refractivity contribution is -0.384. The minimum atomic E-state index is -0.824. The van der Waals surface area contributed by atoms with E-state index in [2.05, 4.69) is 5.32 Å². The van der Waals surface area contributed by atoms with Crippen LogP contribution in [0.5, 0.6) is 0 Å². The molecule has 2 aromatic rings. The molecule has 9 heteroatoms. The number of esters is 1. The Morgan fingerprint density at radius 1 is 1.24 bits per heavy atom. The average molecular weight is 367 g/mol. The van der Waals surface area contributed by atoms with Crippen LogP contribution in [0.3, 0.4) is 0 Å². The van der Waals surface area contributed by atoms with E-state index in [1.165, 1.54) is 12.1 Å². The normalized spacial score (nSPS) is 10.2. The summed E-state index contributed by atoms with van der Waals surface area (Å²) < 4.78 is 18.5. The number of amides is 1. The lowest BCUT2D eigenvalue weighted by atomic mass is 10.1. The molecule has 0 aliphatic carbocycles. The zero-order valence-electron chi connectivity index (χ0n) is 12.9. The van der Waals surface area contributed by atoms with Crippen LogP contribution in [-0.4, -0.2) is 23.4 Å². The highest BCUT2D eigenvalue weighted by molar-refractivity contribution is 6.30. The first kappa shape index (κ1) is 18.3. The van der Waals surface area contributed by atoms with Crippen molar-refractivity contribution in [3.05, 3.63) is 68.5 Å². The summed E-state index contributed by atoms with van der Waals surface area (Å²) in [6.45, 7) is 1.64. The Morgan fingerprint density at radius 2 is 1.92 bits per heavy atom. The molecule has 0 unspecified atom stereocenters. The van der Waals surface area contributed by atoms with Crippen molar-refractivity contribution in [2.75, 3.05) is 11.9 Å². The molecule has 0 fully saturated rings. The van der Waals surface area contributed by atoms with Crippen molar-refractivity contribution in [3.63, 3.8) is 0 Å². The monoisotopic (exact) mass is 366 g/mol. The number of non-ortho nitro benzene ring substituents is 1. The molecule has 130 valence electrons. The smallest absolute Gasteiger partial charge is 0.338 e. The van der Waals surface area contributed by atoms with Gasteiger partial charge in [-0.1, -0.05) is 11.6 Å². The number of benzene rings is 2. The molecular formula is C16H12ClFN2O5. The van der Waals surface area contributed by atoms with Crippen molar-refractivity contribution in [2.24, 2.45) is 0 Å². The SMILES string of the molecule is CCOC(=O)c1cc(C(=O)Nc2ccc(Cl)cc2F)cc([N+](=O)[O-])c1. The molecule has 1 amide bonds. The van der Waals surface area contributed by atoms with E-state index in [9.17, 15) is 24.1 Å². The van der Waals surface area contributed by atoms with Crippen molar-refractivity contribution in [1.29, 1.82) is 0 Å². The van der Waals surface area contributed by atoms with Crippen LogP contribution < -0.4 is 5.32 Å². The molecule has 0 saturated carbocycles. The molecule has 0 bridgehead atoms. The number of carbonyl (C=O) groups excluding carboxylic acids is 2. The summed E-state index contributed by atoms with van der Waals surface area (Å²) in [5, 5.41) is 13.4. The fourth-order valence-electron chi connectivity index (χ4n) is 1.97. The molecular weight excluding hydrogens is 355 g/mol. The summed E-state index contributed by atoms with van der Waals surface area (Å²) in [6, 6.07) is 6.74. The number of nitro benzene ring substituents is 1. The molecule has 0 heterocycles. The molecule has 0 spiro atoms. The van der Waals surface area contributed by atoms with E-state index in [0.29, 0.717) is 0 Å². The van der Waals surface area contributed by atoms with Crippen LogP contribution in [0.4, 0.5) is 15.8 Å². The van der Waals surface area contributed by atoms with Gasteiger partial charge in [0.2, 0.25) is 0 Å². The van der Waals surface area contributed by atoms with Crippen molar-refractivity contribution >= 4 is 34.9 Å². The summed E-state index contributed by atoms with van der Waals surface area (Å²) in [5.74, 6) is -2.40. The van der Waals surface area contributed by atoms with Crippen LogP contribution in [0, 0.1) is 15.9 Å². The van der Waals surface area contributed by atoms with Gasteiger partial charge in [0.1, 0.15) is 5.82 Å². The fraction of sp³-hybridized carbons (Fsp3) is 0.125. The second-order valence-electron chi connectivity index (χ2n) is 4.82. The van der Waals surface area contributed by atoms with Crippen molar-refractivity contribution in [1.82, 2.24) is 0 Å². The Kier molecular flexibility index (Phi) is 5.66. The van der Waals surface area contributed by atoms with Gasteiger partial charge in [0, 0.05) is 22.7 Å². The number of nitrogens with zero attached hydrogens (tertiary/aromatic N) is 1. The highest BCUT2D eigenvalue weighted by atomic mass is 35.5. The Hall–Kier alpha value is -3.00. The number of nitro groups is 1. The van der Waals surface area contributed by atoms with E-state index in [1.807, 2.05) is 0 Å². The zero-order chi connectivity index (χ0) is 18.6. The van der Waals surface area contributed by atoms with Gasteiger partial charge in [-0.15, -0.1) is 0 Å². The third kappa shape index (κ3) is 4.51. The van der Waals surface area contributed by atoms with Crippen molar-refractivity contribution in [2.45, 2.75) is 6.92 Å². The van der Waals surface area contributed by atoms with Gasteiger partial charge in [-0.2, -0.15) is 0 Å². The van der Waals surface area contributed by atoms with E-state index in [1.54, 1.807) is 6.92 Å². The number of anilines is 1. The van der Waals surface area contributed by atoms with E-state index >= 15 is 0 Å². The molecule has 2 rings (SSSR count). The first-order valence-corrected chi connectivity index (χ1v) is 7.42. The maximum atomic E-state index is 13.8. The number of halogens is 2. The Bertz CT molecular complexity index is 856. The number of rotatable bonds is 5. The number of ether oxygens (including phenoxy) is 1. The fourth-order valence-corrected chi connectivity index (χ4v) is 2.12. The minimum Gasteiger partial charge on any atom is -0.462 e. The minimum absolute atomic E-state index is 0.0685. The summed E-state index contributed by atoms with van der Waals surface area (Å²) in [5.41, 5.74) is -0.963. The highest BCUT2D eigenvalue weighted by Crippen LogP contribution is 2.22. The van der Waals surface area contributed by atoms with Crippen LogP contribution in [0.15, 0.2) is 36.4 Å². The van der Waals surface area contributed by atoms with Gasteiger partial charge in [-0.05, 0) is 31.2 Å². The van der Waals surface area contributed by atoms with Crippen LogP contribution in [0.1, 0.15) is 27.6 Å². The molecule has 0 radical (unpaired) electrons. The van der Waals surface area contributed by atoms with Crippen molar-refractivity contribution < 1.29 is 23.6 Å². The summed E-state index contributed by atoms with van der Waals surface area (Å²) in [7, 11) is 0. The van der Waals surface area contributed by atoms with Gasteiger partial charge in [0.05, 0.1) is 22.8 Å². The second kappa shape index (κ2) is 7.71. The van der Waals surface area contributed by atoms with Crippen LogP contribution in [0.2, 0.25) is 5.02 Å². The summed E-state index contributed by atoms with van der Waals surface area (Å²) >= 11 is 5.63. The number of carbonyl (C=O) groups is 2. The van der Waals surface area contributed by atoms with Gasteiger partial charge in [0.15, 0.2) is 0 Å². The molecule has 0 aliphatic rings. The summed E-state index contributed by atoms with van der Waals surface area (Å²) in [6.07, 6.45) is 0. The standard InChI is InChI=1S/C16H12ClFN2O5/c1-2-25-16(22)10-5-9(6-12(7-10)20(23)24)15(21)19-14-4-3-11(17)8-13(14)18/h3-8H,2H2,1H3,(H,19,21). The molecule has 0 saturated heterocycles. The third-order valence-electron chi connectivity index (χ3n) is 3.08. The number of hydrogen-bond donors (Lipinski definition) is 1. The van der Waals surface area contributed by atoms with Gasteiger partial charge in [-0.3, -0.25) is 14.9 Å². The first-order chi connectivity index (χ1) is 11.8. The molecule has 0 aliphatic heterocycles. The van der Waals surface area contributed by atoms with Crippen LogP contribution in [0.25, 0.3) is 0 Å². The summed E-state index contributed by atoms with van der Waals surface area (Å²) in [4.78, 5) is 34.3. The Balaban J connectivity index is 2.37. The topological polar surface area (TPSA) is 98.5 Å². The predicted octanol–water partition coefficient (Wildman–Crippen LogP) is 3.82. The van der Waals surface area contributed by atoms with E-state index in [4.69, 9.17) is 16.3 Å². The lowest BCUT2D eigenvalue weighted by Crippen LogP contribution is -2.15. The van der Waals surface area contributed by atoms with E-state index < -0.39 is 28.3 Å². The molecule has 0 aromatic heterocycles. The number of hydrogen-bond acceptors (Lipinski definition) is 5. The second-order valence-corrected chi connectivity index (χ2v) is 5.26. The zero-order valence-corrected chi connectivity index (χ0v) is 13.7. The molecule has 1 N–H and O–H groups in total. The molecule has 2 aromatic carbocycles. The Labute approximate surface area is 146 Å². The lowest BCUT2D eigenvalue weighted by Gasteiger charge is -2.08. The third-order valence-corrected chi connectivity index (χ3v) is 3.32. The van der Waals surface area contributed by atoms with Gasteiger partial charge >= 0.3 is 5.97 Å². The van der Waals surface area contributed by atoms with Crippen LogP contribution in [-0.2, 0) is 4.74 Å². The quantitative estimate of drug-likeness (QED) is 0.492. The van der Waals surface area contributed by atoms with Gasteiger partial charge in [0.25, 0.3) is 11.6 Å². The average Bonchev–Trinajstić information content (AvgIpc) is 2.57. The highest BCUT2D eigenvalue weighted by Gasteiger charge is 2.19. The molecule has 7 nitrogen and oxygen atoms in total.